The number of nitrogens with one attached hydrogen (secondary N) is 1. The number of carbonyl (C=O) groups is 2. The summed E-state index contributed by atoms with van der Waals surface area (Å²) in [5.74, 6) is -0.348. The number of carbonyl (C=O) groups excluding carboxylic acids is 2. The van der Waals surface area contributed by atoms with Gasteiger partial charge >= 0.3 is 5.97 Å². The average molecular weight is 436 g/mol. The van der Waals surface area contributed by atoms with Crippen molar-refractivity contribution in [3.63, 3.8) is 0 Å². The highest BCUT2D eigenvalue weighted by molar-refractivity contribution is 6.00. The topological polar surface area (TPSA) is 84.1 Å². The lowest BCUT2D eigenvalue weighted by Crippen LogP contribution is -2.21. The van der Waals surface area contributed by atoms with E-state index in [0.29, 0.717) is 17.5 Å². The molecule has 0 fully saturated rings. The van der Waals surface area contributed by atoms with Crippen molar-refractivity contribution < 1.29 is 14.3 Å². The number of rotatable bonds is 9. The molecule has 0 radical (unpaired) electrons. The molecule has 0 saturated carbocycles. The maximum atomic E-state index is 12.4. The van der Waals surface area contributed by atoms with E-state index in [1.54, 1.807) is 0 Å². The Morgan fingerprint density at radius 1 is 1.19 bits per heavy atom. The molecule has 170 valence electrons. The van der Waals surface area contributed by atoms with Crippen LogP contribution in [-0.4, -0.2) is 23.1 Å². The van der Waals surface area contributed by atoms with Gasteiger partial charge in [-0.3, -0.25) is 4.79 Å². The van der Waals surface area contributed by atoms with Crippen molar-refractivity contribution >= 4 is 23.6 Å². The average Bonchev–Trinajstić information content (AvgIpc) is 3.02. The maximum Gasteiger partial charge on any atom is 0.349 e. The molecule has 1 aromatic heterocycles. The smallest absolute Gasteiger partial charge is 0.349 e. The van der Waals surface area contributed by atoms with E-state index in [4.69, 9.17) is 4.74 Å². The molecule has 6 nitrogen and oxygen atoms in total. The van der Waals surface area contributed by atoms with Crippen LogP contribution < -0.4 is 5.32 Å². The number of hydrogen-bond acceptors (Lipinski definition) is 4. The second-order valence-corrected chi connectivity index (χ2v) is 8.56. The van der Waals surface area contributed by atoms with Crippen LogP contribution in [0.15, 0.2) is 35.9 Å². The molecule has 2 aromatic rings. The van der Waals surface area contributed by atoms with Gasteiger partial charge in [-0.05, 0) is 67.5 Å². The first kappa shape index (κ1) is 24.9. The summed E-state index contributed by atoms with van der Waals surface area (Å²) in [5, 5.41) is 12.1. The van der Waals surface area contributed by atoms with E-state index in [1.807, 2.05) is 50.2 Å². The van der Waals surface area contributed by atoms with Crippen molar-refractivity contribution in [2.24, 2.45) is 5.92 Å². The molecule has 0 saturated heterocycles. The van der Waals surface area contributed by atoms with Gasteiger partial charge in [0.25, 0.3) is 5.91 Å². The second-order valence-electron chi connectivity index (χ2n) is 8.56. The number of ether oxygens (including phenoxy) is 1. The van der Waals surface area contributed by atoms with Gasteiger partial charge in [0, 0.05) is 23.6 Å². The molecule has 0 aliphatic rings. The normalized spacial score (nSPS) is 12.4. The summed E-state index contributed by atoms with van der Waals surface area (Å²) in [4.78, 5) is 24.5. The lowest BCUT2D eigenvalue weighted by Gasteiger charge is -2.12. The summed E-state index contributed by atoms with van der Waals surface area (Å²) in [6, 6.07) is 11.4. The number of anilines is 1. The zero-order chi connectivity index (χ0) is 23.8. The lowest BCUT2D eigenvalue weighted by molar-refractivity contribution is -0.142. The van der Waals surface area contributed by atoms with Crippen molar-refractivity contribution in [3.8, 4) is 6.07 Å². The summed E-state index contributed by atoms with van der Waals surface area (Å²) >= 11 is 0. The maximum absolute atomic E-state index is 12.4. The molecule has 1 unspecified atom stereocenters. The largest absolute Gasteiger partial charge is 0.451 e. The molecule has 1 N–H and O–H groups in total. The first-order chi connectivity index (χ1) is 15.2. The standard InChI is InChI=1S/C26H33N3O3/c1-7-18(4)21-8-10-24(11-9-21)28-25(30)16-32-26(31)23(14-27)13-22-12-19(5)29(20(22)6)15-17(2)3/h8-13,17-18H,7,15-16H2,1-6H3,(H,28,30)/b23-13+. The Balaban J connectivity index is 2.00. The Morgan fingerprint density at radius 2 is 1.84 bits per heavy atom. The number of hydrogen-bond donors (Lipinski definition) is 1. The van der Waals surface area contributed by atoms with Crippen LogP contribution >= 0.6 is 0 Å². The molecule has 0 spiro atoms. The van der Waals surface area contributed by atoms with E-state index in [-0.39, 0.29) is 5.57 Å². The Morgan fingerprint density at radius 3 is 2.41 bits per heavy atom. The van der Waals surface area contributed by atoms with Gasteiger partial charge in [0.2, 0.25) is 0 Å². The molecular formula is C26H33N3O3. The first-order valence-electron chi connectivity index (χ1n) is 11.0. The fraction of sp³-hybridized carbons (Fsp3) is 0.423. The van der Waals surface area contributed by atoms with E-state index < -0.39 is 18.5 Å². The van der Waals surface area contributed by atoms with Crippen LogP contribution in [0.5, 0.6) is 0 Å². The third kappa shape index (κ3) is 6.58. The summed E-state index contributed by atoms with van der Waals surface area (Å²) < 4.78 is 7.24. The van der Waals surface area contributed by atoms with Gasteiger partial charge in [-0.2, -0.15) is 5.26 Å². The van der Waals surface area contributed by atoms with Crippen molar-refractivity contribution in [3.05, 3.63) is 58.4 Å². The Labute approximate surface area is 190 Å². The first-order valence-corrected chi connectivity index (χ1v) is 11.0. The van der Waals surface area contributed by atoms with Crippen LogP contribution in [0.4, 0.5) is 5.69 Å². The third-order valence-corrected chi connectivity index (χ3v) is 5.51. The van der Waals surface area contributed by atoms with Crippen LogP contribution in [-0.2, 0) is 20.9 Å². The highest BCUT2D eigenvalue weighted by Gasteiger charge is 2.16. The summed E-state index contributed by atoms with van der Waals surface area (Å²) in [6.45, 7) is 12.9. The molecule has 1 atom stereocenters. The van der Waals surface area contributed by atoms with Crippen LogP contribution in [0.2, 0.25) is 0 Å². The Kier molecular flexibility index (Phi) is 8.83. The van der Waals surface area contributed by atoms with Crippen LogP contribution in [0.3, 0.4) is 0 Å². The van der Waals surface area contributed by atoms with Gasteiger partial charge in [-0.25, -0.2) is 4.79 Å². The number of nitrogens with zero attached hydrogens (tertiary/aromatic N) is 2. The Hall–Kier alpha value is -3.33. The molecule has 0 aliphatic carbocycles. The van der Waals surface area contributed by atoms with E-state index in [2.05, 4.69) is 37.6 Å². The van der Waals surface area contributed by atoms with Gasteiger partial charge < -0.3 is 14.6 Å². The second kappa shape index (κ2) is 11.3. The van der Waals surface area contributed by atoms with Crippen molar-refractivity contribution in [1.29, 1.82) is 5.26 Å². The number of esters is 1. The highest BCUT2D eigenvalue weighted by atomic mass is 16.5. The fourth-order valence-electron chi connectivity index (χ4n) is 3.45. The van der Waals surface area contributed by atoms with Crippen molar-refractivity contribution in [2.75, 3.05) is 11.9 Å². The van der Waals surface area contributed by atoms with Crippen LogP contribution in [0.25, 0.3) is 6.08 Å². The number of aromatic nitrogens is 1. The minimum atomic E-state index is -0.816. The van der Waals surface area contributed by atoms with Gasteiger partial charge in [0.05, 0.1) is 0 Å². The molecule has 1 amide bonds. The molecular weight excluding hydrogens is 402 g/mol. The molecule has 1 aromatic carbocycles. The Bertz CT molecular complexity index is 1020. The number of amides is 1. The summed E-state index contributed by atoms with van der Waals surface area (Å²) in [7, 11) is 0. The lowest BCUT2D eigenvalue weighted by atomic mass is 9.99. The van der Waals surface area contributed by atoms with Crippen LogP contribution in [0.1, 0.15) is 62.5 Å². The van der Waals surface area contributed by atoms with E-state index in [1.165, 1.54) is 11.6 Å². The van der Waals surface area contributed by atoms with Gasteiger partial charge in [0.1, 0.15) is 11.6 Å². The highest BCUT2D eigenvalue weighted by Crippen LogP contribution is 2.21. The molecule has 0 bridgehead atoms. The molecule has 2 rings (SSSR count). The van der Waals surface area contributed by atoms with E-state index in [9.17, 15) is 14.9 Å². The molecule has 6 heteroatoms. The minimum absolute atomic E-state index is 0.138. The van der Waals surface area contributed by atoms with E-state index in [0.717, 1.165) is 29.9 Å². The molecule has 32 heavy (non-hydrogen) atoms. The monoisotopic (exact) mass is 435 g/mol. The van der Waals surface area contributed by atoms with E-state index >= 15 is 0 Å². The van der Waals surface area contributed by atoms with Gasteiger partial charge in [-0.15, -0.1) is 0 Å². The number of benzene rings is 1. The summed E-state index contributed by atoms with van der Waals surface area (Å²) in [5.41, 5.74) is 4.53. The zero-order valence-electron chi connectivity index (χ0n) is 19.9. The SMILES string of the molecule is CCC(C)c1ccc(NC(=O)COC(=O)/C(C#N)=C/c2cc(C)n(CC(C)C)c2C)cc1. The minimum Gasteiger partial charge on any atom is -0.451 e. The van der Waals surface area contributed by atoms with Crippen LogP contribution in [0, 0.1) is 31.1 Å². The third-order valence-electron chi connectivity index (χ3n) is 5.51. The molecule has 1 heterocycles. The fourth-order valence-corrected chi connectivity index (χ4v) is 3.45. The number of aryl methyl sites for hydroxylation is 1. The summed E-state index contributed by atoms with van der Waals surface area (Å²) in [6.07, 6.45) is 2.56. The predicted octanol–water partition coefficient (Wildman–Crippen LogP) is 5.36. The zero-order valence-corrected chi connectivity index (χ0v) is 19.9. The number of nitriles is 1. The quantitative estimate of drug-likeness (QED) is 0.326. The van der Waals surface area contributed by atoms with Gasteiger partial charge in [0.15, 0.2) is 6.61 Å². The van der Waals surface area contributed by atoms with Crippen molar-refractivity contribution in [1.82, 2.24) is 4.57 Å². The predicted molar refractivity (Wildman–Crippen MR) is 127 cm³/mol. The van der Waals surface area contributed by atoms with Gasteiger partial charge in [-0.1, -0.05) is 39.8 Å². The van der Waals surface area contributed by atoms with Crippen molar-refractivity contribution in [2.45, 2.75) is 60.4 Å². The molecule has 0 aliphatic heterocycles.